The lowest BCUT2D eigenvalue weighted by Crippen LogP contribution is -2.58. The SMILES string of the molecule is CN(c1nc2sc(-n3ccc(-n4cc(F)cn4)cc3=O)nc2s1)C1C[C@]2(C)CC[C@](C)(C1)N2.Cl. The molecule has 2 fully saturated rings. The standard InChI is InChI=1S/C22H24FN7OS2.ClH/c1-21-5-6-22(2,27-21)10-15(9-21)28(3)19-25-17-18(32-19)26-20(33-17)29-7-4-14(8-16(29)31)30-12-13(23)11-24-30;/h4,7-8,11-12,15,27H,5-6,9-10H2,1-3H3;1H/t15?,21-,22+;. The Balaban J connectivity index is 0.00000241. The highest BCUT2D eigenvalue weighted by Gasteiger charge is 2.49. The number of rotatable bonds is 4. The van der Waals surface area contributed by atoms with Crippen molar-refractivity contribution in [2.24, 2.45) is 0 Å². The monoisotopic (exact) mass is 521 g/mol. The second-order valence-electron chi connectivity index (χ2n) is 9.72. The molecule has 2 bridgehead atoms. The molecule has 0 aliphatic carbocycles. The topological polar surface area (TPSA) is 80.9 Å². The minimum atomic E-state index is -0.452. The van der Waals surface area contributed by atoms with E-state index in [1.54, 1.807) is 23.6 Å². The van der Waals surface area contributed by atoms with Crippen LogP contribution in [0.4, 0.5) is 9.52 Å². The first-order valence-corrected chi connectivity index (χ1v) is 12.6. The van der Waals surface area contributed by atoms with Gasteiger partial charge in [0.25, 0.3) is 5.56 Å². The van der Waals surface area contributed by atoms with Crippen molar-refractivity contribution in [3.8, 4) is 10.8 Å². The van der Waals surface area contributed by atoms with E-state index in [2.05, 4.69) is 41.2 Å². The van der Waals surface area contributed by atoms with Gasteiger partial charge in [-0.2, -0.15) is 5.10 Å². The molecule has 4 aromatic heterocycles. The Hall–Kier alpha value is -2.34. The summed E-state index contributed by atoms with van der Waals surface area (Å²) >= 11 is 2.96. The van der Waals surface area contributed by atoms with Gasteiger partial charge in [0.15, 0.2) is 25.7 Å². The van der Waals surface area contributed by atoms with Crippen LogP contribution >= 0.6 is 35.1 Å². The van der Waals surface area contributed by atoms with Crippen molar-refractivity contribution >= 4 is 49.9 Å². The first-order chi connectivity index (χ1) is 15.7. The highest BCUT2D eigenvalue weighted by Crippen LogP contribution is 2.44. The number of nitrogens with zero attached hydrogens (tertiary/aromatic N) is 6. The van der Waals surface area contributed by atoms with Crippen LogP contribution in [0, 0.1) is 5.82 Å². The summed E-state index contributed by atoms with van der Waals surface area (Å²) in [6.07, 6.45) is 8.62. The van der Waals surface area contributed by atoms with E-state index in [0.29, 0.717) is 16.9 Å². The van der Waals surface area contributed by atoms with E-state index >= 15 is 0 Å². The third-order valence-corrected chi connectivity index (χ3v) is 9.05. The second kappa shape index (κ2) is 8.11. The molecular weight excluding hydrogens is 497 g/mol. The second-order valence-corrected chi connectivity index (χ2v) is 11.6. The molecular formula is C22H25ClFN7OS2. The molecule has 0 radical (unpaired) electrons. The molecule has 1 unspecified atom stereocenters. The highest BCUT2D eigenvalue weighted by molar-refractivity contribution is 7.29. The Morgan fingerprint density at radius 1 is 1.18 bits per heavy atom. The molecule has 6 heterocycles. The molecule has 12 heteroatoms. The number of fused-ring (bicyclic) bond motifs is 3. The fraction of sp³-hybridized carbons (Fsp3) is 0.455. The van der Waals surface area contributed by atoms with Crippen molar-refractivity contribution in [1.29, 1.82) is 0 Å². The van der Waals surface area contributed by atoms with Crippen molar-refractivity contribution in [2.45, 2.75) is 56.7 Å². The van der Waals surface area contributed by atoms with Crippen LogP contribution in [0.15, 0.2) is 35.5 Å². The number of anilines is 1. The Bertz CT molecular complexity index is 1380. The van der Waals surface area contributed by atoms with Crippen molar-refractivity contribution in [1.82, 2.24) is 29.6 Å². The van der Waals surface area contributed by atoms with E-state index in [0.717, 1.165) is 33.8 Å². The van der Waals surface area contributed by atoms with Crippen LogP contribution in [0.5, 0.6) is 0 Å². The van der Waals surface area contributed by atoms with E-state index in [1.165, 1.54) is 45.7 Å². The van der Waals surface area contributed by atoms with E-state index in [4.69, 9.17) is 4.98 Å². The van der Waals surface area contributed by atoms with E-state index in [-0.39, 0.29) is 29.0 Å². The normalized spacial score (nSPS) is 26.1. The molecule has 1 N–H and O–H groups in total. The number of thiazole rings is 2. The molecule has 8 nitrogen and oxygen atoms in total. The molecule has 0 spiro atoms. The van der Waals surface area contributed by atoms with Crippen molar-refractivity contribution in [3.63, 3.8) is 0 Å². The number of piperidine rings is 1. The molecule has 6 rings (SSSR count). The smallest absolute Gasteiger partial charge is 0.259 e. The summed E-state index contributed by atoms with van der Waals surface area (Å²) in [5.41, 5.74) is 0.635. The summed E-state index contributed by atoms with van der Waals surface area (Å²) in [5.74, 6) is -0.452. The number of nitrogens with one attached hydrogen (secondary N) is 1. The lowest BCUT2D eigenvalue weighted by Gasteiger charge is -2.45. The van der Waals surface area contributed by atoms with E-state index in [9.17, 15) is 9.18 Å². The van der Waals surface area contributed by atoms with Gasteiger partial charge in [0.05, 0.1) is 18.1 Å². The van der Waals surface area contributed by atoms with Crippen molar-refractivity contribution < 1.29 is 4.39 Å². The van der Waals surface area contributed by atoms with Gasteiger partial charge in [-0.1, -0.05) is 22.7 Å². The molecule has 180 valence electrons. The summed E-state index contributed by atoms with van der Waals surface area (Å²) in [6.45, 7) is 4.66. The van der Waals surface area contributed by atoms with Gasteiger partial charge in [0.2, 0.25) is 0 Å². The zero-order chi connectivity index (χ0) is 23.0. The highest BCUT2D eigenvalue weighted by atomic mass is 35.5. The maximum Gasteiger partial charge on any atom is 0.259 e. The fourth-order valence-corrected chi connectivity index (χ4v) is 7.40. The summed E-state index contributed by atoms with van der Waals surface area (Å²) in [5, 5.41) is 9.28. The average molecular weight is 522 g/mol. The van der Waals surface area contributed by atoms with Crippen LogP contribution in [0.1, 0.15) is 39.5 Å². The Morgan fingerprint density at radius 2 is 1.88 bits per heavy atom. The summed E-state index contributed by atoms with van der Waals surface area (Å²) in [7, 11) is 2.13. The maximum atomic E-state index is 13.2. The van der Waals surface area contributed by atoms with Gasteiger partial charge < -0.3 is 10.2 Å². The van der Waals surface area contributed by atoms with Crippen molar-refractivity contribution in [3.05, 3.63) is 46.9 Å². The number of hydrogen-bond acceptors (Lipinski definition) is 8. The lowest BCUT2D eigenvalue weighted by molar-refractivity contribution is 0.208. The third-order valence-electron chi connectivity index (χ3n) is 6.93. The molecule has 2 aliphatic rings. The Kier molecular flexibility index (Phi) is 5.58. The fourth-order valence-electron chi connectivity index (χ4n) is 5.34. The average Bonchev–Trinajstić information content (AvgIpc) is 3.49. The van der Waals surface area contributed by atoms with Gasteiger partial charge in [-0.3, -0.25) is 9.36 Å². The zero-order valence-corrected chi connectivity index (χ0v) is 21.4. The van der Waals surface area contributed by atoms with Gasteiger partial charge >= 0.3 is 0 Å². The van der Waals surface area contributed by atoms with E-state index in [1.807, 2.05) is 0 Å². The van der Waals surface area contributed by atoms with Crippen LogP contribution in [-0.2, 0) is 0 Å². The van der Waals surface area contributed by atoms with Crippen LogP contribution in [0.25, 0.3) is 20.5 Å². The van der Waals surface area contributed by atoms with Crippen LogP contribution in [0.3, 0.4) is 0 Å². The third kappa shape index (κ3) is 3.94. The van der Waals surface area contributed by atoms with Crippen LogP contribution in [0.2, 0.25) is 0 Å². The minimum Gasteiger partial charge on any atom is -0.348 e. The van der Waals surface area contributed by atoms with Crippen LogP contribution in [-0.4, -0.2) is 48.5 Å². The molecule has 0 amide bonds. The number of pyridine rings is 1. The predicted molar refractivity (Wildman–Crippen MR) is 136 cm³/mol. The molecule has 4 aromatic rings. The summed E-state index contributed by atoms with van der Waals surface area (Å²) in [4.78, 5) is 26.2. The minimum absolute atomic E-state index is 0. The maximum absolute atomic E-state index is 13.2. The molecule has 34 heavy (non-hydrogen) atoms. The quantitative estimate of drug-likeness (QED) is 0.434. The van der Waals surface area contributed by atoms with Gasteiger partial charge in [-0.25, -0.2) is 19.0 Å². The number of aromatic nitrogens is 5. The predicted octanol–water partition coefficient (Wildman–Crippen LogP) is 4.15. The number of halogens is 2. The molecule has 0 saturated carbocycles. The Morgan fingerprint density at radius 3 is 2.50 bits per heavy atom. The molecule has 2 aliphatic heterocycles. The summed E-state index contributed by atoms with van der Waals surface area (Å²) in [6, 6.07) is 3.56. The van der Waals surface area contributed by atoms with Crippen LogP contribution < -0.4 is 15.8 Å². The van der Waals surface area contributed by atoms with Gasteiger partial charge in [0.1, 0.15) is 0 Å². The number of hydrogen-bond donors (Lipinski definition) is 1. The molecule has 0 aromatic carbocycles. The lowest BCUT2D eigenvalue weighted by atomic mass is 9.84. The summed E-state index contributed by atoms with van der Waals surface area (Å²) < 4.78 is 16.1. The van der Waals surface area contributed by atoms with Crippen molar-refractivity contribution in [2.75, 3.05) is 11.9 Å². The van der Waals surface area contributed by atoms with Gasteiger partial charge in [-0.15, -0.1) is 12.4 Å². The largest absolute Gasteiger partial charge is 0.348 e. The Labute approximate surface area is 209 Å². The van der Waals surface area contributed by atoms with Gasteiger partial charge in [-0.05, 0) is 45.6 Å². The molecule has 3 atom stereocenters. The van der Waals surface area contributed by atoms with Gasteiger partial charge in [0, 0.05) is 36.4 Å². The van der Waals surface area contributed by atoms with E-state index < -0.39 is 5.82 Å². The first-order valence-electron chi connectivity index (χ1n) is 10.9. The molecule has 2 saturated heterocycles. The zero-order valence-electron chi connectivity index (χ0n) is 19.0. The first kappa shape index (κ1) is 23.4.